The number of ether oxygens (including phenoxy) is 1. The average molecular weight is 309 g/mol. The third-order valence-corrected chi connectivity index (χ3v) is 4.25. The Morgan fingerprint density at radius 3 is 2.76 bits per heavy atom. The van der Waals surface area contributed by atoms with Crippen LogP contribution in [0.4, 0.5) is 4.39 Å². The molecule has 0 N–H and O–H groups in total. The predicted molar refractivity (Wildman–Crippen MR) is 80.2 cm³/mol. The molecule has 0 atom stereocenters. The first-order chi connectivity index (χ1) is 10.2. The molecule has 0 unspecified atom stereocenters. The van der Waals surface area contributed by atoms with E-state index in [4.69, 9.17) is 16.3 Å². The van der Waals surface area contributed by atoms with Gasteiger partial charge in [0.25, 0.3) is 0 Å². The summed E-state index contributed by atoms with van der Waals surface area (Å²) in [7, 11) is 0. The summed E-state index contributed by atoms with van der Waals surface area (Å²) in [4.78, 5) is 0. The summed E-state index contributed by atoms with van der Waals surface area (Å²) in [6.45, 7) is 0.305. The van der Waals surface area contributed by atoms with Crippen LogP contribution in [-0.4, -0.2) is 15.9 Å². The van der Waals surface area contributed by atoms with Gasteiger partial charge in [-0.25, -0.2) is 9.07 Å². The van der Waals surface area contributed by atoms with E-state index in [0.29, 0.717) is 23.0 Å². The maximum absolute atomic E-state index is 13.7. The van der Waals surface area contributed by atoms with Crippen LogP contribution in [0.15, 0.2) is 30.5 Å². The highest BCUT2D eigenvalue weighted by molar-refractivity contribution is 6.31. The molecular weight excluding hydrogens is 291 g/mol. The second-order valence-electron chi connectivity index (χ2n) is 5.43. The highest BCUT2D eigenvalue weighted by Gasteiger charge is 2.18. The van der Waals surface area contributed by atoms with Crippen LogP contribution in [0, 0.1) is 5.82 Å². The van der Waals surface area contributed by atoms with Crippen LogP contribution < -0.4 is 4.74 Å². The van der Waals surface area contributed by atoms with E-state index in [9.17, 15) is 4.39 Å². The molecule has 0 spiro atoms. The largest absolute Gasteiger partial charge is 0.486 e. The first kappa shape index (κ1) is 14.4. The molecule has 0 saturated heterocycles. The molecule has 1 saturated carbocycles. The maximum Gasteiger partial charge on any atom is 0.176 e. The molecule has 0 amide bonds. The standard InChI is InChI=1S/C16H18ClFN2O/c17-16-15(21-13-7-2-1-3-8-13)10-19-20(16)11-12-6-4-5-9-14(12)18/h4-6,9-10,13H,1-3,7-8,11H2. The monoisotopic (exact) mass is 308 g/mol. The minimum Gasteiger partial charge on any atom is -0.486 e. The summed E-state index contributed by atoms with van der Waals surface area (Å²) < 4.78 is 21.2. The molecule has 5 heteroatoms. The highest BCUT2D eigenvalue weighted by Crippen LogP contribution is 2.29. The number of hydrogen-bond donors (Lipinski definition) is 0. The number of halogens is 2. The number of benzene rings is 1. The van der Waals surface area contributed by atoms with Gasteiger partial charge in [0.15, 0.2) is 10.9 Å². The van der Waals surface area contributed by atoms with Gasteiger partial charge >= 0.3 is 0 Å². The van der Waals surface area contributed by atoms with Crippen molar-refractivity contribution in [3.05, 3.63) is 47.0 Å². The first-order valence-corrected chi connectivity index (χ1v) is 7.73. The fourth-order valence-corrected chi connectivity index (χ4v) is 2.89. The number of nitrogens with zero attached hydrogens (tertiary/aromatic N) is 2. The quantitative estimate of drug-likeness (QED) is 0.835. The molecule has 21 heavy (non-hydrogen) atoms. The lowest BCUT2D eigenvalue weighted by Gasteiger charge is -2.22. The second-order valence-corrected chi connectivity index (χ2v) is 5.78. The van der Waals surface area contributed by atoms with E-state index in [1.165, 1.54) is 25.3 Å². The Balaban J connectivity index is 1.71. The fraction of sp³-hybridized carbons (Fsp3) is 0.438. The molecule has 1 aromatic heterocycles. The first-order valence-electron chi connectivity index (χ1n) is 7.35. The Morgan fingerprint density at radius 2 is 2.00 bits per heavy atom. The molecule has 1 aliphatic rings. The summed E-state index contributed by atoms with van der Waals surface area (Å²) in [6.07, 6.45) is 7.65. The van der Waals surface area contributed by atoms with Crippen LogP contribution in [0.1, 0.15) is 37.7 Å². The van der Waals surface area contributed by atoms with Gasteiger partial charge in [-0.15, -0.1) is 0 Å². The molecule has 112 valence electrons. The van der Waals surface area contributed by atoms with Crippen molar-refractivity contribution in [3.63, 3.8) is 0 Å². The zero-order valence-electron chi connectivity index (χ0n) is 11.8. The van der Waals surface area contributed by atoms with Crippen LogP contribution in [0.3, 0.4) is 0 Å². The van der Waals surface area contributed by atoms with E-state index in [-0.39, 0.29) is 11.9 Å². The van der Waals surface area contributed by atoms with Crippen molar-refractivity contribution < 1.29 is 9.13 Å². The summed E-state index contributed by atoms with van der Waals surface area (Å²) >= 11 is 6.30. The molecule has 0 radical (unpaired) electrons. The van der Waals surface area contributed by atoms with Crippen molar-refractivity contribution in [1.29, 1.82) is 0 Å². The number of rotatable bonds is 4. The second kappa shape index (κ2) is 6.48. The van der Waals surface area contributed by atoms with Gasteiger partial charge in [0.05, 0.1) is 18.8 Å². The van der Waals surface area contributed by atoms with Crippen LogP contribution in [0.2, 0.25) is 5.15 Å². The number of hydrogen-bond acceptors (Lipinski definition) is 2. The van der Waals surface area contributed by atoms with Crippen molar-refractivity contribution in [2.45, 2.75) is 44.8 Å². The van der Waals surface area contributed by atoms with Gasteiger partial charge in [-0.3, -0.25) is 0 Å². The molecule has 0 bridgehead atoms. The Hall–Kier alpha value is -1.55. The van der Waals surface area contributed by atoms with Crippen molar-refractivity contribution in [2.24, 2.45) is 0 Å². The van der Waals surface area contributed by atoms with Gasteiger partial charge in [0.1, 0.15) is 5.82 Å². The molecule has 1 heterocycles. The van der Waals surface area contributed by atoms with Gasteiger partial charge in [0, 0.05) is 5.56 Å². The average Bonchev–Trinajstić information content (AvgIpc) is 2.84. The van der Waals surface area contributed by atoms with Gasteiger partial charge < -0.3 is 4.74 Å². The minimum absolute atomic E-state index is 0.224. The third-order valence-electron chi connectivity index (χ3n) is 3.87. The zero-order valence-corrected chi connectivity index (χ0v) is 12.5. The van der Waals surface area contributed by atoms with Gasteiger partial charge in [-0.05, 0) is 31.7 Å². The van der Waals surface area contributed by atoms with E-state index < -0.39 is 0 Å². The van der Waals surface area contributed by atoms with Crippen molar-refractivity contribution >= 4 is 11.6 Å². The summed E-state index contributed by atoms with van der Waals surface area (Å²) in [6, 6.07) is 6.64. The predicted octanol–water partition coefficient (Wildman–Crippen LogP) is 4.44. The molecule has 1 aliphatic carbocycles. The lowest BCUT2D eigenvalue weighted by Crippen LogP contribution is -2.19. The topological polar surface area (TPSA) is 27.1 Å². The van der Waals surface area contributed by atoms with E-state index >= 15 is 0 Å². The third kappa shape index (κ3) is 3.38. The molecule has 3 nitrogen and oxygen atoms in total. The highest BCUT2D eigenvalue weighted by atomic mass is 35.5. The SMILES string of the molecule is Fc1ccccc1Cn1ncc(OC2CCCCC2)c1Cl. The lowest BCUT2D eigenvalue weighted by molar-refractivity contribution is 0.155. The Bertz CT molecular complexity index is 608. The minimum atomic E-state index is -0.251. The molecule has 0 aliphatic heterocycles. The van der Waals surface area contributed by atoms with Gasteiger partial charge in [-0.2, -0.15) is 5.10 Å². The van der Waals surface area contributed by atoms with Crippen LogP contribution in [-0.2, 0) is 6.54 Å². The molecule has 1 fully saturated rings. The van der Waals surface area contributed by atoms with Crippen LogP contribution in [0.25, 0.3) is 0 Å². The normalized spacial score (nSPS) is 16.1. The van der Waals surface area contributed by atoms with E-state index in [1.807, 2.05) is 0 Å². The lowest BCUT2D eigenvalue weighted by atomic mass is 9.98. The summed E-state index contributed by atoms with van der Waals surface area (Å²) in [5, 5.41) is 4.64. The maximum atomic E-state index is 13.7. The van der Waals surface area contributed by atoms with Crippen molar-refractivity contribution in [2.75, 3.05) is 0 Å². The fourth-order valence-electron chi connectivity index (χ4n) is 2.69. The van der Waals surface area contributed by atoms with E-state index in [1.54, 1.807) is 29.1 Å². The Labute approximate surface area is 128 Å². The molecule has 2 aromatic rings. The van der Waals surface area contributed by atoms with E-state index in [0.717, 1.165) is 12.8 Å². The van der Waals surface area contributed by atoms with Gasteiger partial charge in [0.2, 0.25) is 0 Å². The van der Waals surface area contributed by atoms with Crippen molar-refractivity contribution in [1.82, 2.24) is 9.78 Å². The number of aromatic nitrogens is 2. The van der Waals surface area contributed by atoms with E-state index in [2.05, 4.69) is 5.10 Å². The Morgan fingerprint density at radius 1 is 1.24 bits per heavy atom. The Kier molecular flexibility index (Phi) is 4.44. The van der Waals surface area contributed by atoms with Gasteiger partial charge in [-0.1, -0.05) is 36.2 Å². The van der Waals surface area contributed by atoms with Crippen LogP contribution in [0.5, 0.6) is 5.75 Å². The summed E-state index contributed by atoms with van der Waals surface area (Å²) in [5.41, 5.74) is 0.562. The van der Waals surface area contributed by atoms with Crippen molar-refractivity contribution in [3.8, 4) is 5.75 Å². The zero-order chi connectivity index (χ0) is 14.7. The van der Waals surface area contributed by atoms with Crippen LogP contribution >= 0.6 is 11.6 Å². The molecular formula is C16H18ClFN2O. The molecule has 3 rings (SSSR count). The molecule has 1 aromatic carbocycles. The smallest absolute Gasteiger partial charge is 0.176 e. The summed E-state index contributed by atoms with van der Waals surface area (Å²) in [5.74, 6) is 0.346.